The first-order chi connectivity index (χ1) is 5.75. The van der Waals surface area contributed by atoms with E-state index in [0.717, 1.165) is 24.3 Å². The van der Waals surface area contributed by atoms with Gasteiger partial charge < -0.3 is 15.5 Å². The topological polar surface area (TPSA) is 52.5 Å². The van der Waals surface area contributed by atoms with Crippen LogP contribution in [-0.2, 0) is 0 Å². The lowest BCUT2D eigenvalue weighted by atomic mass is 9.87. The molecule has 2 heterocycles. The average Bonchev–Trinajstić information content (AvgIpc) is 2.37. The lowest BCUT2D eigenvalue weighted by molar-refractivity contribution is 0.00778. The molecule has 3 nitrogen and oxygen atoms in total. The van der Waals surface area contributed by atoms with Gasteiger partial charge in [-0.15, -0.1) is 12.4 Å². The van der Waals surface area contributed by atoms with E-state index in [-0.39, 0.29) is 17.9 Å². The molecule has 2 aliphatic heterocycles. The lowest BCUT2D eigenvalue weighted by Crippen LogP contribution is -2.51. The van der Waals surface area contributed by atoms with Gasteiger partial charge in [0.25, 0.3) is 0 Å². The van der Waals surface area contributed by atoms with Crippen LogP contribution in [0.15, 0.2) is 0 Å². The summed E-state index contributed by atoms with van der Waals surface area (Å²) < 4.78 is 0. The van der Waals surface area contributed by atoms with Gasteiger partial charge in [0.15, 0.2) is 0 Å². The molecule has 13 heavy (non-hydrogen) atoms. The van der Waals surface area contributed by atoms with Crippen molar-refractivity contribution < 1.29 is 10.2 Å². The van der Waals surface area contributed by atoms with Crippen LogP contribution in [0.1, 0.15) is 12.8 Å². The molecule has 2 aliphatic rings. The molecule has 5 heteroatoms. The van der Waals surface area contributed by atoms with Gasteiger partial charge in [-0.3, -0.25) is 0 Å². The van der Waals surface area contributed by atoms with Crippen molar-refractivity contribution in [3.05, 3.63) is 0 Å². The number of thioether (sulfide) groups is 1. The number of aliphatic hydroxyl groups is 2. The van der Waals surface area contributed by atoms with Crippen LogP contribution in [0.3, 0.4) is 0 Å². The number of aliphatic hydroxyl groups excluding tert-OH is 2. The summed E-state index contributed by atoms with van der Waals surface area (Å²) in [4.78, 5) is 0. The minimum atomic E-state index is -0.562. The van der Waals surface area contributed by atoms with E-state index < -0.39 is 12.2 Å². The highest BCUT2D eigenvalue weighted by molar-refractivity contribution is 7.99. The maximum Gasteiger partial charge on any atom is 0.0993 e. The summed E-state index contributed by atoms with van der Waals surface area (Å²) in [6.45, 7) is 0.547. The Morgan fingerprint density at radius 3 is 2.31 bits per heavy atom. The fraction of sp³-hybridized carbons (Fsp3) is 1.00. The minimum Gasteiger partial charge on any atom is -0.389 e. The molecule has 2 unspecified atom stereocenters. The molecular weight excluding hydrogens is 210 g/mol. The van der Waals surface area contributed by atoms with E-state index in [4.69, 9.17) is 0 Å². The minimum absolute atomic E-state index is 0. The molecule has 0 aromatic heterocycles. The normalized spacial score (nSPS) is 37.4. The quantitative estimate of drug-likeness (QED) is 0.543. The highest BCUT2D eigenvalue weighted by Crippen LogP contribution is 2.34. The fourth-order valence-corrected chi connectivity index (χ4v) is 3.32. The molecule has 2 fully saturated rings. The third kappa shape index (κ3) is 1.97. The van der Waals surface area contributed by atoms with Crippen LogP contribution >= 0.6 is 24.2 Å². The standard InChI is InChI=1S/C8H15NO2S.ClH/c10-6-5-9-8(7(6)11)1-3-12-4-2-8;/h6-7,9-11H,1-5H2;1H. The zero-order valence-electron chi connectivity index (χ0n) is 7.40. The first kappa shape index (κ1) is 11.6. The molecule has 3 N–H and O–H groups in total. The van der Waals surface area contributed by atoms with Crippen LogP contribution in [0.5, 0.6) is 0 Å². The third-order valence-corrected chi connectivity index (χ3v) is 3.96. The van der Waals surface area contributed by atoms with Crippen LogP contribution in [0.2, 0.25) is 0 Å². The molecule has 0 aromatic carbocycles. The summed E-state index contributed by atoms with van der Waals surface area (Å²) in [7, 11) is 0. The number of halogens is 1. The molecule has 78 valence electrons. The zero-order chi connectivity index (χ0) is 8.60. The van der Waals surface area contributed by atoms with E-state index in [0.29, 0.717) is 6.54 Å². The number of rotatable bonds is 0. The highest BCUT2D eigenvalue weighted by Gasteiger charge is 2.47. The summed E-state index contributed by atoms with van der Waals surface area (Å²) in [6, 6.07) is 0. The molecule has 0 aromatic rings. The molecule has 2 saturated heterocycles. The van der Waals surface area contributed by atoms with Crippen molar-refractivity contribution in [3.8, 4) is 0 Å². The lowest BCUT2D eigenvalue weighted by Gasteiger charge is -2.36. The summed E-state index contributed by atoms with van der Waals surface area (Å²) >= 11 is 1.93. The van der Waals surface area contributed by atoms with Crippen molar-refractivity contribution in [2.75, 3.05) is 18.1 Å². The van der Waals surface area contributed by atoms with Gasteiger partial charge in [0, 0.05) is 12.1 Å². The van der Waals surface area contributed by atoms with Gasteiger partial charge in [0.05, 0.1) is 12.2 Å². The number of hydrogen-bond donors (Lipinski definition) is 3. The maximum atomic E-state index is 9.75. The van der Waals surface area contributed by atoms with Crippen LogP contribution in [0.4, 0.5) is 0 Å². The second-order valence-corrected chi connectivity index (χ2v) is 4.89. The van der Waals surface area contributed by atoms with E-state index in [1.54, 1.807) is 0 Å². The molecule has 0 aliphatic carbocycles. The van der Waals surface area contributed by atoms with Crippen LogP contribution in [0, 0.1) is 0 Å². The smallest absolute Gasteiger partial charge is 0.0993 e. The maximum absolute atomic E-state index is 9.75. The fourth-order valence-electron chi connectivity index (χ4n) is 2.10. The Morgan fingerprint density at radius 2 is 1.85 bits per heavy atom. The summed E-state index contributed by atoms with van der Waals surface area (Å²) in [5.74, 6) is 2.19. The summed E-state index contributed by atoms with van der Waals surface area (Å²) in [5.41, 5.74) is -0.162. The van der Waals surface area contributed by atoms with E-state index in [2.05, 4.69) is 5.32 Å². The van der Waals surface area contributed by atoms with Crippen molar-refractivity contribution in [2.24, 2.45) is 0 Å². The first-order valence-electron chi connectivity index (χ1n) is 4.43. The number of nitrogens with one attached hydrogen (secondary N) is 1. The SMILES string of the molecule is Cl.OC1CNC2(CCSCC2)C1O. The predicted octanol–water partition coefficient (Wildman–Crippen LogP) is -0.00100. The van der Waals surface area contributed by atoms with E-state index in [1.807, 2.05) is 11.8 Å². The van der Waals surface area contributed by atoms with E-state index in [1.165, 1.54) is 0 Å². The van der Waals surface area contributed by atoms with Crippen LogP contribution in [-0.4, -0.2) is 46.0 Å². The Balaban J connectivity index is 0.000000845. The highest BCUT2D eigenvalue weighted by atomic mass is 35.5. The van der Waals surface area contributed by atoms with Crippen LogP contribution in [0.25, 0.3) is 0 Å². The second kappa shape index (κ2) is 4.36. The predicted molar refractivity (Wildman–Crippen MR) is 56.6 cm³/mol. The largest absolute Gasteiger partial charge is 0.389 e. The second-order valence-electron chi connectivity index (χ2n) is 3.66. The van der Waals surface area contributed by atoms with E-state index >= 15 is 0 Å². The van der Waals surface area contributed by atoms with E-state index in [9.17, 15) is 10.2 Å². The van der Waals surface area contributed by atoms with Gasteiger partial charge in [0.1, 0.15) is 0 Å². The molecule has 0 amide bonds. The van der Waals surface area contributed by atoms with Crippen LogP contribution < -0.4 is 5.32 Å². The van der Waals surface area contributed by atoms with Gasteiger partial charge in [-0.2, -0.15) is 11.8 Å². The Morgan fingerprint density at radius 1 is 1.23 bits per heavy atom. The van der Waals surface area contributed by atoms with Crippen molar-refractivity contribution in [1.29, 1.82) is 0 Å². The summed E-state index contributed by atoms with van der Waals surface area (Å²) in [5, 5.41) is 22.4. The van der Waals surface area contributed by atoms with Crippen molar-refractivity contribution in [2.45, 2.75) is 30.6 Å². The van der Waals surface area contributed by atoms with Gasteiger partial charge >= 0.3 is 0 Å². The molecule has 2 rings (SSSR count). The van der Waals surface area contributed by atoms with Gasteiger partial charge in [0.2, 0.25) is 0 Å². The Hall–Kier alpha value is 0.520. The first-order valence-corrected chi connectivity index (χ1v) is 5.59. The van der Waals surface area contributed by atoms with Crippen molar-refractivity contribution in [3.63, 3.8) is 0 Å². The van der Waals surface area contributed by atoms with Gasteiger partial charge in [-0.25, -0.2) is 0 Å². The molecule has 0 saturated carbocycles. The molecule has 0 bridgehead atoms. The number of hydrogen-bond acceptors (Lipinski definition) is 4. The van der Waals surface area contributed by atoms with Gasteiger partial charge in [-0.05, 0) is 24.3 Å². The zero-order valence-corrected chi connectivity index (χ0v) is 9.03. The molecule has 0 radical (unpaired) electrons. The average molecular weight is 226 g/mol. The third-order valence-electron chi connectivity index (χ3n) is 2.98. The molecular formula is C8H16ClNO2S. The monoisotopic (exact) mass is 225 g/mol. The Bertz CT molecular complexity index is 170. The summed E-state index contributed by atoms with van der Waals surface area (Å²) in [6.07, 6.45) is 0.845. The molecule has 2 atom stereocenters. The van der Waals surface area contributed by atoms with Crippen molar-refractivity contribution >= 4 is 24.2 Å². The Kier molecular flexibility index (Phi) is 3.89. The van der Waals surface area contributed by atoms with Crippen molar-refractivity contribution in [1.82, 2.24) is 5.32 Å². The Labute approximate surface area is 88.7 Å². The molecule has 1 spiro atoms. The van der Waals surface area contributed by atoms with Gasteiger partial charge in [-0.1, -0.05) is 0 Å². The number of β-amino-alcohol motifs (C(OH)–C–C–N with tert-alkyl or cyclic N) is 1.